The molecule has 1 N–H and O–H groups in total. The van der Waals surface area contributed by atoms with Crippen molar-refractivity contribution >= 4 is 5.97 Å². The van der Waals surface area contributed by atoms with Crippen LogP contribution in [0.2, 0.25) is 0 Å². The van der Waals surface area contributed by atoms with E-state index in [1.807, 2.05) is 11.9 Å². The molecular formula is C10H18FNO2. The molecule has 0 aromatic heterocycles. The third-order valence-electron chi connectivity index (χ3n) is 3.29. The molecule has 3 nitrogen and oxygen atoms in total. The molecule has 0 amide bonds. The lowest BCUT2D eigenvalue weighted by molar-refractivity contribution is -0.160. The minimum atomic E-state index is -1.61. The van der Waals surface area contributed by atoms with E-state index in [2.05, 4.69) is 0 Å². The Hall–Kier alpha value is -0.640. The largest absolute Gasteiger partial charge is 0.481 e. The quantitative estimate of drug-likeness (QED) is 0.740. The van der Waals surface area contributed by atoms with E-state index in [1.54, 1.807) is 0 Å². The summed E-state index contributed by atoms with van der Waals surface area (Å²) in [6, 6.07) is 0. The van der Waals surface area contributed by atoms with Gasteiger partial charge in [-0.25, -0.2) is 4.39 Å². The van der Waals surface area contributed by atoms with Crippen LogP contribution in [0.25, 0.3) is 0 Å². The van der Waals surface area contributed by atoms with Crippen molar-refractivity contribution in [2.24, 2.45) is 5.41 Å². The third kappa shape index (κ3) is 1.75. The Labute approximate surface area is 83.9 Å². The third-order valence-corrected chi connectivity index (χ3v) is 3.29. The molecule has 1 rings (SSSR count). The van der Waals surface area contributed by atoms with E-state index in [9.17, 15) is 9.18 Å². The van der Waals surface area contributed by atoms with Crippen LogP contribution in [0.3, 0.4) is 0 Å². The summed E-state index contributed by atoms with van der Waals surface area (Å²) in [6.07, 6.45) is 1.07. The van der Waals surface area contributed by atoms with Gasteiger partial charge >= 0.3 is 5.97 Å². The summed E-state index contributed by atoms with van der Waals surface area (Å²) in [5.41, 5.74) is -2.91. The Morgan fingerprint density at radius 2 is 2.14 bits per heavy atom. The number of hydrogen-bond acceptors (Lipinski definition) is 2. The van der Waals surface area contributed by atoms with E-state index >= 15 is 0 Å². The van der Waals surface area contributed by atoms with Gasteiger partial charge in [-0.1, -0.05) is 0 Å². The van der Waals surface area contributed by atoms with Crippen molar-refractivity contribution in [1.29, 1.82) is 0 Å². The maximum absolute atomic E-state index is 14.4. The first-order chi connectivity index (χ1) is 6.29. The molecule has 1 saturated heterocycles. The molecule has 0 radical (unpaired) electrons. The molecular weight excluding hydrogens is 185 g/mol. The lowest BCUT2D eigenvalue weighted by Crippen LogP contribution is -2.55. The van der Waals surface area contributed by atoms with Crippen molar-refractivity contribution < 1.29 is 14.3 Å². The van der Waals surface area contributed by atoms with Gasteiger partial charge in [-0.15, -0.1) is 0 Å². The van der Waals surface area contributed by atoms with Gasteiger partial charge in [-0.3, -0.25) is 4.79 Å². The van der Waals surface area contributed by atoms with Crippen molar-refractivity contribution in [1.82, 2.24) is 4.90 Å². The number of piperidine rings is 1. The van der Waals surface area contributed by atoms with Gasteiger partial charge in [0.25, 0.3) is 0 Å². The lowest BCUT2D eigenvalue weighted by atomic mass is 9.72. The Balaban J connectivity index is 2.87. The molecule has 1 atom stereocenters. The summed E-state index contributed by atoms with van der Waals surface area (Å²) >= 11 is 0. The first kappa shape index (κ1) is 11.4. The molecule has 0 saturated carbocycles. The van der Waals surface area contributed by atoms with E-state index < -0.39 is 17.1 Å². The van der Waals surface area contributed by atoms with Gasteiger partial charge in [-0.2, -0.15) is 0 Å². The monoisotopic (exact) mass is 203 g/mol. The fraction of sp³-hybridized carbons (Fsp3) is 0.900. The molecule has 1 unspecified atom stereocenters. The SMILES string of the molecule is CN1CCCC(F)(C(C)(C)C(=O)O)C1. The minimum Gasteiger partial charge on any atom is -0.481 e. The first-order valence-electron chi connectivity index (χ1n) is 4.90. The normalized spacial score (nSPS) is 30.3. The Morgan fingerprint density at radius 3 is 2.57 bits per heavy atom. The number of rotatable bonds is 2. The number of carboxylic acid groups (broad SMARTS) is 1. The van der Waals surface area contributed by atoms with Crippen LogP contribution >= 0.6 is 0 Å². The van der Waals surface area contributed by atoms with Gasteiger partial charge in [0.1, 0.15) is 5.67 Å². The number of carboxylic acids is 1. The number of carbonyl (C=O) groups is 1. The Morgan fingerprint density at radius 1 is 1.57 bits per heavy atom. The smallest absolute Gasteiger partial charge is 0.312 e. The highest BCUT2D eigenvalue weighted by Crippen LogP contribution is 2.41. The highest BCUT2D eigenvalue weighted by Gasteiger charge is 2.52. The van der Waals surface area contributed by atoms with E-state index in [1.165, 1.54) is 13.8 Å². The van der Waals surface area contributed by atoms with Crippen LogP contribution in [-0.2, 0) is 4.79 Å². The van der Waals surface area contributed by atoms with Crippen LogP contribution in [-0.4, -0.2) is 41.8 Å². The number of aliphatic carboxylic acids is 1. The molecule has 1 fully saturated rings. The maximum Gasteiger partial charge on any atom is 0.312 e. The molecule has 0 spiro atoms. The van der Waals surface area contributed by atoms with Crippen molar-refractivity contribution in [2.45, 2.75) is 32.4 Å². The summed E-state index contributed by atoms with van der Waals surface area (Å²) < 4.78 is 14.4. The van der Waals surface area contributed by atoms with Crippen LogP contribution in [0.15, 0.2) is 0 Å². The zero-order valence-electron chi connectivity index (χ0n) is 9.01. The first-order valence-corrected chi connectivity index (χ1v) is 4.90. The molecule has 82 valence electrons. The van der Waals surface area contributed by atoms with Crippen molar-refractivity contribution in [3.8, 4) is 0 Å². The van der Waals surface area contributed by atoms with E-state index in [0.29, 0.717) is 6.42 Å². The maximum atomic E-state index is 14.4. The molecule has 4 heteroatoms. The van der Waals surface area contributed by atoms with Crippen LogP contribution in [0, 0.1) is 5.41 Å². The van der Waals surface area contributed by atoms with Crippen LogP contribution in [0.4, 0.5) is 4.39 Å². The molecule has 0 aromatic rings. The van der Waals surface area contributed by atoms with E-state index in [0.717, 1.165) is 13.0 Å². The second kappa shape index (κ2) is 3.50. The van der Waals surface area contributed by atoms with Crippen LogP contribution in [0.1, 0.15) is 26.7 Å². The van der Waals surface area contributed by atoms with E-state index in [-0.39, 0.29) is 6.54 Å². The van der Waals surface area contributed by atoms with Crippen LogP contribution in [0.5, 0.6) is 0 Å². The number of likely N-dealkylation sites (tertiary alicyclic amines) is 1. The predicted molar refractivity (Wildman–Crippen MR) is 52.0 cm³/mol. The standard InChI is InChI=1S/C10H18FNO2/c1-9(2,8(13)14)10(11)5-4-6-12(3)7-10/h4-7H2,1-3H3,(H,13,14). The van der Waals surface area contributed by atoms with Crippen molar-refractivity contribution in [3.63, 3.8) is 0 Å². The second-order valence-electron chi connectivity index (χ2n) is 4.74. The van der Waals surface area contributed by atoms with Gasteiger partial charge in [0.2, 0.25) is 0 Å². The highest BCUT2D eigenvalue weighted by molar-refractivity contribution is 5.75. The molecule has 1 aliphatic heterocycles. The molecule has 0 aromatic carbocycles. The van der Waals surface area contributed by atoms with E-state index in [4.69, 9.17) is 5.11 Å². The molecule has 1 heterocycles. The van der Waals surface area contributed by atoms with Gasteiger partial charge in [0.15, 0.2) is 0 Å². The second-order valence-corrected chi connectivity index (χ2v) is 4.74. The van der Waals surface area contributed by atoms with Gasteiger partial charge in [-0.05, 0) is 40.3 Å². The summed E-state index contributed by atoms with van der Waals surface area (Å²) in [4.78, 5) is 12.8. The van der Waals surface area contributed by atoms with Crippen molar-refractivity contribution in [3.05, 3.63) is 0 Å². The number of halogens is 1. The molecule has 1 aliphatic rings. The van der Waals surface area contributed by atoms with Gasteiger partial charge in [0.05, 0.1) is 5.41 Å². The zero-order chi connectivity index (χ0) is 11.0. The van der Waals surface area contributed by atoms with Crippen LogP contribution < -0.4 is 0 Å². The highest BCUT2D eigenvalue weighted by atomic mass is 19.1. The molecule has 0 bridgehead atoms. The summed E-state index contributed by atoms with van der Waals surface area (Å²) in [6.45, 7) is 4.00. The predicted octanol–water partition coefficient (Wildman–Crippen LogP) is 1.53. The zero-order valence-corrected chi connectivity index (χ0v) is 9.01. The minimum absolute atomic E-state index is 0.215. The fourth-order valence-corrected chi connectivity index (χ4v) is 1.92. The Kier molecular flexibility index (Phi) is 2.86. The number of hydrogen-bond donors (Lipinski definition) is 1. The fourth-order valence-electron chi connectivity index (χ4n) is 1.92. The average molecular weight is 203 g/mol. The number of alkyl halides is 1. The summed E-state index contributed by atoms with van der Waals surface area (Å²) in [5, 5.41) is 8.99. The molecule has 14 heavy (non-hydrogen) atoms. The molecule has 0 aliphatic carbocycles. The van der Waals surface area contributed by atoms with Gasteiger partial charge < -0.3 is 10.0 Å². The average Bonchev–Trinajstić information content (AvgIpc) is 2.03. The summed E-state index contributed by atoms with van der Waals surface area (Å²) in [7, 11) is 1.82. The Bertz CT molecular complexity index is 242. The lowest BCUT2D eigenvalue weighted by Gasteiger charge is -2.43. The van der Waals surface area contributed by atoms with Gasteiger partial charge in [0, 0.05) is 6.54 Å². The van der Waals surface area contributed by atoms with Crippen molar-refractivity contribution in [2.75, 3.05) is 20.1 Å². The number of nitrogens with zero attached hydrogens (tertiary/aromatic N) is 1. The summed E-state index contributed by atoms with van der Waals surface area (Å²) in [5.74, 6) is -1.06. The topological polar surface area (TPSA) is 40.5 Å².